The number of aromatic nitrogens is 1. The van der Waals surface area contributed by atoms with Gasteiger partial charge in [0.15, 0.2) is 0 Å². The van der Waals surface area contributed by atoms with E-state index in [0.29, 0.717) is 23.6 Å². The summed E-state index contributed by atoms with van der Waals surface area (Å²) in [6.07, 6.45) is 2.76. The molecule has 1 saturated heterocycles. The topological polar surface area (TPSA) is 164 Å². The van der Waals surface area contributed by atoms with Crippen LogP contribution in [0.15, 0.2) is 43.1 Å². The maximum absolute atomic E-state index is 13.7. The molecule has 2 saturated carbocycles. The number of aromatic hydroxyl groups is 1. The van der Waals surface area contributed by atoms with Gasteiger partial charge in [0.05, 0.1) is 11.8 Å². The van der Waals surface area contributed by atoms with E-state index in [9.17, 15) is 27.9 Å². The van der Waals surface area contributed by atoms with Crippen LogP contribution < -0.4 is 14.8 Å². The van der Waals surface area contributed by atoms with Crippen molar-refractivity contribution >= 4 is 38.7 Å². The van der Waals surface area contributed by atoms with E-state index in [1.54, 1.807) is 45.0 Å². The highest BCUT2D eigenvalue weighted by Crippen LogP contribution is 2.45. The Morgan fingerprint density at radius 1 is 1.20 bits per heavy atom. The number of pyridine rings is 1. The summed E-state index contributed by atoms with van der Waals surface area (Å²) in [5.41, 5.74) is -2.33. The molecule has 2 aromatic rings. The molecule has 2 aliphatic carbocycles. The van der Waals surface area contributed by atoms with Crippen LogP contribution in [0.5, 0.6) is 11.6 Å². The van der Waals surface area contributed by atoms with Gasteiger partial charge in [-0.2, -0.15) is 0 Å². The van der Waals surface area contributed by atoms with Gasteiger partial charge in [0.2, 0.25) is 21.8 Å². The Kier molecular flexibility index (Phi) is 7.13. The molecule has 3 fully saturated rings. The van der Waals surface area contributed by atoms with Gasteiger partial charge in [-0.05, 0) is 58.2 Å². The van der Waals surface area contributed by atoms with Crippen LogP contribution in [0.2, 0.25) is 0 Å². The van der Waals surface area contributed by atoms with Crippen LogP contribution >= 0.6 is 0 Å². The molecule has 3 aliphatic rings. The van der Waals surface area contributed by atoms with Gasteiger partial charge in [-0.15, -0.1) is 6.58 Å². The minimum atomic E-state index is -3.84. The number of sulfonamides is 1. The molecule has 1 aromatic carbocycles. The Bertz CT molecular complexity index is 1520. The number of hydrogen-bond acceptors (Lipinski definition) is 9. The van der Waals surface area contributed by atoms with Crippen molar-refractivity contribution in [2.45, 2.75) is 75.0 Å². The van der Waals surface area contributed by atoms with E-state index >= 15 is 0 Å². The summed E-state index contributed by atoms with van der Waals surface area (Å²) in [5, 5.41) is 13.4. The van der Waals surface area contributed by atoms with Gasteiger partial charge in [-0.25, -0.2) is 18.2 Å². The fourth-order valence-corrected chi connectivity index (χ4v) is 6.45. The van der Waals surface area contributed by atoms with Crippen LogP contribution in [-0.4, -0.2) is 76.4 Å². The maximum Gasteiger partial charge on any atom is 0.411 e. The lowest BCUT2D eigenvalue weighted by atomic mass is 10.1. The van der Waals surface area contributed by atoms with Crippen molar-refractivity contribution in [3.63, 3.8) is 0 Å². The summed E-state index contributed by atoms with van der Waals surface area (Å²) in [6.45, 7) is 8.81. The number of nitrogens with zero attached hydrogens (tertiary/aromatic N) is 2. The highest BCUT2D eigenvalue weighted by atomic mass is 32.2. The van der Waals surface area contributed by atoms with Gasteiger partial charge in [-0.3, -0.25) is 19.2 Å². The number of phenols is 1. The Labute approximate surface area is 238 Å². The zero-order valence-electron chi connectivity index (χ0n) is 23.1. The van der Waals surface area contributed by atoms with Crippen LogP contribution in [0.3, 0.4) is 0 Å². The van der Waals surface area contributed by atoms with E-state index in [2.05, 4.69) is 21.6 Å². The van der Waals surface area contributed by atoms with Gasteiger partial charge in [0.1, 0.15) is 29.0 Å². The van der Waals surface area contributed by atoms with Crippen LogP contribution in [0.4, 0.5) is 4.79 Å². The second kappa shape index (κ2) is 10.2. The van der Waals surface area contributed by atoms with Crippen molar-refractivity contribution in [2.75, 3.05) is 6.54 Å². The molecule has 0 spiro atoms. The monoisotopic (exact) mass is 586 g/mol. The number of carbonyl (C=O) groups excluding carboxylic acids is 3. The quantitative estimate of drug-likeness (QED) is 0.394. The molecule has 0 radical (unpaired) electrons. The van der Waals surface area contributed by atoms with Gasteiger partial charge >= 0.3 is 6.09 Å². The van der Waals surface area contributed by atoms with Crippen molar-refractivity contribution in [3.8, 4) is 11.6 Å². The number of phenolic OH excluding ortho intramolecular Hbond substituents is 1. The molecular weight excluding hydrogens is 552 g/mol. The first-order valence-corrected chi connectivity index (χ1v) is 15.0. The summed E-state index contributed by atoms with van der Waals surface area (Å²) >= 11 is 0. The number of rotatable bonds is 8. The lowest BCUT2D eigenvalue weighted by molar-refractivity contribution is -0.131. The van der Waals surface area contributed by atoms with Crippen molar-refractivity contribution in [1.29, 1.82) is 0 Å². The molecule has 220 valence electrons. The first-order chi connectivity index (χ1) is 19.2. The van der Waals surface area contributed by atoms with Crippen molar-refractivity contribution in [3.05, 3.63) is 43.1 Å². The molecule has 1 aromatic heterocycles. The predicted octanol–water partition coefficient (Wildman–Crippen LogP) is 2.37. The van der Waals surface area contributed by atoms with Gasteiger partial charge in [0, 0.05) is 29.3 Å². The van der Waals surface area contributed by atoms with E-state index in [-0.39, 0.29) is 31.0 Å². The normalized spacial score (nSPS) is 25.8. The van der Waals surface area contributed by atoms with Crippen LogP contribution in [0, 0.1) is 5.92 Å². The summed E-state index contributed by atoms with van der Waals surface area (Å²) in [4.78, 5) is 45.5. The molecule has 41 heavy (non-hydrogen) atoms. The standard InChI is InChI=1S/C28H34N4O8S/c1-5-16-14-28(16,25(35)31-41(37,38)18-9-10-18)30-23(34)21-13-17(15-32(21)26(36)40-27(2,3)4)39-24-20-7-6-8-22(33)19(20)11-12-29-24/h5-8,11-12,16-18,21,33H,1,9-10,13-15H2,2-4H3,(H,30,34)(H,31,35)/t16-,17-,21?,28?/m1/s1. The van der Waals surface area contributed by atoms with Crippen LogP contribution in [0.1, 0.15) is 46.5 Å². The van der Waals surface area contributed by atoms with E-state index in [1.165, 1.54) is 17.2 Å². The zero-order valence-corrected chi connectivity index (χ0v) is 23.9. The molecule has 13 heteroatoms. The third kappa shape index (κ3) is 5.81. The minimum Gasteiger partial charge on any atom is -0.507 e. The third-order valence-corrected chi connectivity index (χ3v) is 9.29. The Balaban J connectivity index is 1.38. The summed E-state index contributed by atoms with van der Waals surface area (Å²) < 4.78 is 38.7. The first kappa shape index (κ1) is 28.7. The summed E-state index contributed by atoms with van der Waals surface area (Å²) in [5.74, 6) is -1.66. The van der Waals surface area contributed by atoms with E-state index < -0.39 is 62.4 Å². The molecule has 2 unspecified atom stereocenters. The maximum atomic E-state index is 13.7. The highest BCUT2D eigenvalue weighted by Gasteiger charge is 2.62. The SMILES string of the molecule is C=C[C@@H]1CC1(NC(=O)C1C[C@@H](Oc2nccc3c(O)cccc23)CN1C(=O)OC(C)(C)C)C(=O)NS(=O)(=O)C1CC1. The first-order valence-electron chi connectivity index (χ1n) is 13.5. The largest absolute Gasteiger partial charge is 0.507 e. The van der Waals surface area contributed by atoms with Crippen LogP contribution in [-0.2, 0) is 24.3 Å². The smallest absolute Gasteiger partial charge is 0.411 e. The Morgan fingerprint density at radius 2 is 1.93 bits per heavy atom. The summed E-state index contributed by atoms with van der Waals surface area (Å²) in [6, 6.07) is 5.51. The molecule has 2 heterocycles. The van der Waals surface area contributed by atoms with Gasteiger partial charge in [0.25, 0.3) is 5.91 Å². The fourth-order valence-electron chi connectivity index (χ4n) is 5.09. The van der Waals surface area contributed by atoms with Gasteiger partial charge < -0.3 is 19.9 Å². The lowest BCUT2D eigenvalue weighted by Gasteiger charge is -2.29. The number of likely N-dealkylation sites (tertiary alicyclic amines) is 1. The predicted molar refractivity (Wildman–Crippen MR) is 148 cm³/mol. The van der Waals surface area contributed by atoms with Crippen molar-refractivity contribution in [2.24, 2.45) is 5.92 Å². The number of hydrogen-bond donors (Lipinski definition) is 3. The van der Waals surface area contributed by atoms with Crippen LogP contribution in [0.25, 0.3) is 10.8 Å². The van der Waals surface area contributed by atoms with Crippen molar-refractivity contribution < 1.29 is 37.4 Å². The highest BCUT2D eigenvalue weighted by molar-refractivity contribution is 7.91. The Hall–Kier alpha value is -3.87. The van der Waals surface area contributed by atoms with E-state index in [1.807, 2.05) is 0 Å². The molecule has 3 N–H and O–H groups in total. The van der Waals surface area contributed by atoms with E-state index in [4.69, 9.17) is 9.47 Å². The molecule has 12 nitrogen and oxygen atoms in total. The fraction of sp³-hybridized carbons (Fsp3) is 0.500. The second-order valence-electron chi connectivity index (χ2n) is 11.8. The summed E-state index contributed by atoms with van der Waals surface area (Å²) in [7, 11) is -3.84. The number of amides is 3. The van der Waals surface area contributed by atoms with Crippen molar-refractivity contribution in [1.82, 2.24) is 19.9 Å². The average Bonchev–Trinajstić information content (AvgIpc) is 3.80. The number of benzene rings is 1. The number of nitrogens with one attached hydrogen (secondary N) is 2. The minimum absolute atomic E-state index is 0.00989. The van der Waals surface area contributed by atoms with E-state index in [0.717, 1.165) is 0 Å². The number of fused-ring (bicyclic) bond motifs is 1. The third-order valence-electron chi connectivity index (χ3n) is 7.47. The lowest BCUT2D eigenvalue weighted by Crippen LogP contribution is -2.56. The molecule has 5 rings (SSSR count). The molecule has 4 atom stereocenters. The molecule has 1 aliphatic heterocycles. The second-order valence-corrected chi connectivity index (χ2v) is 13.8. The molecular formula is C28H34N4O8S. The van der Waals surface area contributed by atoms with Gasteiger partial charge in [-0.1, -0.05) is 12.1 Å². The Morgan fingerprint density at radius 3 is 2.56 bits per heavy atom. The zero-order chi connectivity index (χ0) is 29.7. The average molecular weight is 587 g/mol. The molecule has 3 amide bonds. The number of carbonyl (C=O) groups is 3. The molecule has 0 bridgehead atoms. The number of ether oxygens (including phenoxy) is 2.